The van der Waals surface area contributed by atoms with Crippen molar-refractivity contribution in [2.24, 2.45) is 0 Å². The van der Waals surface area contributed by atoms with E-state index in [0.29, 0.717) is 5.65 Å². The molecule has 0 spiro atoms. The van der Waals surface area contributed by atoms with Gasteiger partial charge in [-0.25, -0.2) is 4.98 Å². The summed E-state index contributed by atoms with van der Waals surface area (Å²) in [7, 11) is 0. The average molecular weight is 408 g/mol. The highest BCUT2D eigenvalue weighted by molar-refractivity contribution is 7.15. The first-order chi connectivity index (χ1) is 14.8. The number of pyridine rings is 3. The summed E-state index contributed by atoms with van der Waals surface area (Å²) in [4.78, 5) is 19.2. The smallest absolute Gasteiger partial charge is 0.181 e. The molecule has 0 atom stereocenters. The first-order valence-electron chi connectivity index (χ1n) is 9.55. The van der Waals surface area contributed by atoms with Gasteiger partial charge in [0.2, 0.25) is 0 Å². The Morgan fingerprint density at radius 1 is 0.900 bits per heavy atom. The van der Waals surface area contributed by atoms with Gasteiger partial charge in [0.1, 0.15) is 0 Å². The summed E-state index contributed by atoms with van der Waals surface area (Å²) in [5.74, 6) is 0. The lowest BCUT2D eigenvalue weighted by Crippen LogP contribution is -1.83. The summed E-state index contributed by atoms with van der Waals surface area (Å²) in [6, 6.07) is 12.5. The highest BCUT2D eigenvalue weighted by atomic mass is 32.1. The molecule has 0 bridgehead atoms. The van der Waals surface area contributed by atoms with Gasteiger partial charge in [-0.15, -0.1) is 11.3 Å². The molecule has 0 unspecified atom stereocenters. The molecule has 7 heteroatoms. The minimum absolute atomic E-state index is 0.684. The van der Waals surface area contributed by atoms with Crippen LogP contribution in [-0.2, 0) is 0 Å². The van der Waals surface area contributed by atoms with Crippen molar-refractivity contribution in [3.8, 4) is 33.0 Å². The molecule has 0 aliphatic heterocycles. The number of thiophene rings is 1. The van der Waals surface area contributed by atoms with Crippen LogP contribution in [0.1, 0.15) is 4.88 Å². The largest absolute Gasteiger partial charge is 0.352 e. The number of fused-ring (bicyclic) bond motifs is 2. The van der Waals surface area contributed by atoms with E-state index in [4.69, 9.17) is 0 Å². The second-order valence-electron chi connectivity index (χ2n) is 7.18. The molecule has 0 saturated carbocycles. The number of rotatable bonds is 3. The molecule has 2 N–H and O–H groups in total. The van der Waals surface area contributed by atoms with Crippen LogP contribution in [-0.4, -0.2) is 30.1 Å². The van der Waals surface area contributed by atoms with E-state index < -0.39 is 0 Å². The quantitative estimate of drug-likeness (QED) is 0.399. The van der Waals surface area contributed by atoms with Gasteiger partial charge < -0.3 is 4.98 Å². The molecule has 6 aromatic heterocycles. The summed E-state index contributed by atoms with van der Waals surface area (Å²) in [5.41, 5.74) is 6.70. The lowest BCUT2D eigenvalue weighted by Gasteiger charge is -2.01. The van der Waals surface area contributed by atoms with E-state index in [0.717, 1.165) is 44.4 Å². The third-order valence-corrected chi connectivity index (χ3v) is 6.26. The number of aromatic nitrogens is 6. The maximum absolute atomic E-state index is 4.53. The maximum atomic E-state index is 4.53. The fourth-order valence-corrected chi connectivity index (χ4v) is 4.65. The van der Waals surface area contributed by atoms with E-state index >= 15 is 0 Å². The van der Waals surface area contributed by atoms with Crippen LogP contribution in [0.5, 0.6) is 0 Å². The van der Waals surface area contributed by atoms with Crippen LogP contribution in [0.15, 0.2) is 67.4 Å². The number of aromatic amines is 2. The van der Waals surface area contributed by atoms with Crippen molar-refractivity contribution in [2.75, 3.05) is 0 Å². The predicted octanol–water partition coefficient (Wildman–Crippen LogP) is 5.60. The van der Waals surface area contributed by atoms with Gasteiger partial charge in [-0.05, 0) is 37.3 Å². The topological polar surface area (TPSA) is 83.1 Å². The normalized spacial score (nSPS) is 11.5. The van der Waals surface area contributed by atoms with E-state index in [-0.39, 0.29) is 0 Å². The molecule has 0 saturated heterocycles. The third-order valence-electron chi connectivity index (χ3n) is 5.23. The number of aryl methyl sites for hydroxylation is 1. The van der Waals surface area contributed by atoms with Gasteiger partial charge in [0.15, 0.2) is 5.65 Å². The van der Waals surface area contributed by atoms with Crippen LogP contribution in [0.2, 0.25) is 0 Å². The first-order valence-corrected chi connectivity index (χ1v) is 10.4. The zero-order valence-corrected chi connectivity index (χ0v) is 16.9. The van der Waals surface area contributed by atoms with Crippen molar-refractivity contribution in [2.45, 2.75) is 6.92 Å². The zero-order valence-electron chi connectivity index (χ0n) is 16.0. The van der Waals surface area contributed by atoms with Gasteiger partial charge in [0.25, 0.3) is 0 Å². The summed E-state index contributed by atoms with van der Waals surface area (Å²) in [6.07, 6.45) is 9.23. The van der Waals surface area contributed by atoms with Gasteiger partial charge in [-0.1, -0.05) is 6.07 Å². The Morgan fingerprint density at radius 3 is 2.70 bits per heavy atom. The summed E-state index contributed by atoms with van der Waals surface area (Å²) in [5, 5.41) is 9.66. The molecule has 6 rings (SSSR count). The van der Waals surface area contributed by atoms with Gasteiger partial charge in [-0.3, -0.25) is 15.1 Å². The molecule has 0 fully saturated rings. The van der Waals surface area contributed by atoms with Crippen LogP contribution >= 0.6 is 11.3 Å². The number of nitrogens with zero attached hydrogens (tertiary/aromatic N) is 4. The van der Waals surface area contributed by atoms with Crippen molar-refractivity contribution in [1.82, 2.24) is 30.1 Å². The van der Waals surface area contributed by atoms with Crippen molar-refractivity contribution in [1.29, 1.82) is 0 Å². The van der Waals surface area contributed by atoms with E-state index in [2.05, 4.69) is 61.3 Å². The summed E-state index contributed by atoms with van der Waals surface area (Å²) < 4.78 is 0. The Labute approximate surface area is 175 Å². The maximum Gasteiger partial charge on any atom is 0.181 e. The number of H-pyrrole nitrogens is 2. The van der Waals surface area contributed by atoms with E-state index in [1.807, 2.05) is 36.9 Å². The lowest BCUT2D eigenvalue weighted by atomic mass is 10.1. The molecule has 6 nitrogen and oxygen atoms in total. The number of hydrogen-bond donors (Lipinski definition) is 2. The molecule has 6 heterocycles. The van der Waals surface area contributed by atoms with E-state index in [9.17, 15) is 0 Å². The fraction of sp³-hybridized carbons (Fsp3) is 0.0435. The molecular formula is C23H16N6S. The molecule has 0 aliphatic carbocycles. The minimum atomic E-state index is 0.684. The number of hydrogen-bond acceptors (Lipinski definition) is 5. The molecule has 144 valence electrons. The van der Waals surface area contributed by atoms with Crippen LogP contribution in [0.4, 0.5) is 0 Å². The fourth-order valence-electron chi connectivity index (χ4n) is 3.76. The monoisotopic (exact) mass is 408 g/mol. The van der Waals surface area contributed by atoms with Crippen molar-refractivity contribution in [3.05, 3.63) is 72.3 Å². The number of nitrogens with one attached hydrogen (secondary N) is 2. The van der Waals surface area contributed by atoms with E-state index in [1.54, 1.807) is 17.5 Å². The molecule has 30 heavy (non-hydrogen) atoms. The molecular weight excluding hydrogens is 392 g/mol. The lowest BCUT2D eigenvalue weighted by molar-refractivity contribution is 1.10. The standard InChI is InChI=1S/C23H16N6S/c1-13-4-5-21(30-13)18-11-25-12-20-16(18)8-19(27-20)22-17-7-15(10-26-23(17)29-28-22)14-3-2-6-24-9-14/h2-12,27H,1H3,(H,26,28,29). The van der Waals surface area contributed by atoms with Crippen LogP contribution in [0, 0.1) is 6.92 Å². The van der Waals surface area contributed by atoms with Gasteiger partial charge >= 0.3 is 0 Å². The minimum Gasteiger partial charge on any atom is -0.352 e. The van der Waals surface area contributed by atoms with Gasteiger partial charge in [-0.2, -0.15) is 5.10 Å². The molecule has 0 aliphatic rings. The molecule has 0 aromatic carbocycles. The van der Waals surface area contributed by atoms with E-state index in [1.165, 1.54) is 9.75 Å². The highest BCUT2D eigenvalue weighted by Gasteiger charge is 2.15. The van der Waals surface area contributed by atoms with Gasteiger partial charge in [0.05, 0.1) is 23.1 Å². The first kappa shape index (κ1) is 17.1. The van der Waals surface area contributed by atoms with Crippen molar-refractivity contribution >= 4 is 33.3 Å². The summed E-state index contributed by atoms with van der Waals surface area (Å²) >= 11 is 1.77. The zero-order chi connectivity index (χ0) is 20.1. The highest BCUT2D eigenvalue weighted by Crippen LogP contribution is 2.36. The van der Waals surface area contributed by atoms with Crippen LogP contribution in [0.3, 0.4) is 0 Å². The third kappa shape index (κ3) is 2.71. The Balaban J connectivity index is 1.52. The predicted molar refractivity (Wildman–Crippen MR) is 120 cm³/mol. The second kappa shape index (κ2) is 6.60. The van der Waals surface area contributed by atoms with Crippen LogP contribution in [0.25, 0.3) is 54.9 Å². The molecule has 6 aromatic rings. The average Bonchev–Trinajstić information content (AvgIpc) is 3.51. The second-order valence-corrected chi connectivity index (χ2v) is 8.46. The van der Waals surface area contributed by atoms with Crippen molar-refractivity contribution < 1.29 is 0 Å². The Kier molecular flexibility index (Phi) is 3.75. The molecule has 0 amide bonds. The SMILES string of the molecule is Cc1ccc(-c2cncc3[nH]c(-c4[nH]nc5ncc(-c6cccnc6)cc45)cc23)s1. The Hall–Kier alpha value is -3.84. The Morgan fingerprint density at radius 2 is 1.87 bits per heavy atom. The van der Waals surface area contributed by atoms with Crippen LogP contribution < -0.4 is 0 Å². The Bertz CT molecular complexity index is 1510. The molecule has 0 radical (unpaired) electrons. The van der Waals surface area contributed by atoms with Gasteiger partial charge in [0, 0.05) is 62.0 Å². The van der Waals surface area contributed by atoms with Crippen molar-refractivity contribution in [3.63, 3.8) is 0 Å². The summed E-state index contributed by atoms with van der Waals surface area (Å²) in [6.45, 7) is 2.12.